The first-order valence-electron chi connectivity index (χ1n) is 12.8. The van der Waals surface area contributed by atoms with E-state index in [-0.39, 0.29) is 11.2 Å². The first-order chi connectivity index (χ1) is 15.8. The van der Waals surface area contributed by atoms with E-state index in [1.54, 1.807) is 0 Å². The lowest BCUT2D eigenvalue weighted by Crippen LogP contribution is -2.52. The van der Waals surface area contributed by atoms with E-state index in [0.29, 0.717) is 39.6 Å². The van der Waals surface area contributed by atoms with Crippen molar-refractivity contribution >= 4 is 0 Å². The van der Waals surface area contributed by atoms with Crippen LogP contribution in [0.4, 0.5) is 0 Å². The Morgan fingerprint density at radius 3 is 1.75 bits per heavy atom. The number of hydrogen-bond donors (Lipinski definition) is 0. The van der Waals surface area contributed by atoms with Crippen LogP contribution >= 0.6 is 0 Å². The number of hydrogen-bond acceptors (Lipinski definition) is 6. The monoisotopic (exact) mass is 439 g/mol. The molecule has 172 valence electrons. The van der Waals surface area contributed by atoms with Crippen LogP contribution in [-0.2, 0) is 36.9 Å². The number of nitrogens with zero attached hydrogens (tertiary/aromatic N) is 1. The second kappa shape index (κ2) is 6.76. The maximum absolute atomic E-state index is 7.22. The molecule has 0 radical (unpaired) electrons. The molecule has 8 aliphatic rings. The average Bonchev–Trinajstić information content (AvgIpc) is 3.45. The maximum Gasteiger partial charge on any atom is 0.0889 e. The van der Waals surface area contributed by atoms with E-state index in [2.05, 4.69) is 4.98 Å². The smallest absolute Gasteiger partial charge is 0.0889 e. The lowest BCUT2D eigenvalue weighted by molar-refractivity contribution is -0.0985. The van der Waals surface area contributed by atoms with Crippen molar-refractivity contribution in [3.05, 3.63) is 29.6 Å². The maximum atomic E-state index is 7.22. The molecule has 9 rings (SSSR count). The molecule has 0 amide bonds. The molecular formula is C26H33NO5. The molecule has 6 bridgehead atoms. The van der Waals surface area contributed by atoms with Crippen LogP contribution in [0.1, 0.15) is 30.7 Å². The van der Waals surface area contributed by atoms with Crippen LogP contribution in [0, 0.1) is 47.3 Å². The summed E-state index contributed by atoms with van der Waals surface area (Å²) in [4.78, 5) is 4.63. The molecule has 6 nitrogen and oxygen atoms in total. The summed E-state index contributed by atoms with van der Waals surface area (Å²) < 4.78 is 31.0. The lowest BCUT2D eigenvalue weighted by atomic mass is 9.54. The van der Waals surface area contributed by atoms with E-state index in [0.717, 1.165) is 84.8 Å². The standard InChI is InChI=1S/C26H33NO5/c1-2-15-13-30-10-8-28-6-4-25-21-17-12-18-20-19(17)23(25)24(20)26(32-25,22(18)21)5-7-29-9-11-31-14-16(3-1)27-15/h1-3,17-24H,4-14H2. The molecule has 4 heterocycles. The molecule has 1 aromatic rings. The zero-order valence-corrected chi connectivity index (χ0v) is 18.6. The second-order valence-corrected chi connectivity index (χ2v) is 11.3. The highest BCUT2D eigenvalue weighted by atomic mass is 16.6. The first kappa shape index (κ1) is 19.3. The predicted octanol–water partition coefficient (Wildman–Crippen LogP) is 2.84. The van der Waals surface area contributed by atoms with Gasteiger partial charge >= 0.3 is 0 Å². The minimum atomic E-state index is 0.113. The Morgan fingerprint density at radius 1 is 0.656 bits per heavy atom. The summed E-state index contributed by atoms with van der Waals surface area (Å²) in [6, 6.07) is 6.02. The summed E-state index contributed by atoms with van der Waals surface area (Å²) in [5.41, 5.74) is 2.10. The molecular weight excluding hydrogens is 406 g/mol. The Bertz CT molecular complexity index is 854. The van der Waals surface area contributed by atoms with Crippen LogP contribution in [0.15, 0.2) is 18.2 Å². The van der Waals surface area contributed by atoms with E-state index in [1.807, 2.05) is 18.2 Å². The zero-order valence-electron chi connectivity index (χ0n) is 18.6. The zero-order chi connectivity index (χ0) is 20.9. The third-order valence-corrected chi connectivity index (χ3v) is 10.5. The number of rotatable bonds is 0. The van der Waals surface area contributed by atoms with Crippen molar-refractivity contribution in [2.24, 2.45) is 47.3 Å². The van der Waals surface area contributed by atoms with Gasteiger partial charge in [-0.15, -0.1) is 0 Å². The van der Waals surface area contributed by atoms with Gasteiger partial charge in [0.05, 0.1) is 62.2 Å². The Kier molecular flexibility index (Phi) is 4.07. The molecule has 10 unspecified atom stereocenters. The van der Waals surface area contributed by atoms with E-state index in [9.17, 15) is 0 Å². The highest BCUT2D eigenvalue weighted by molar-refractivity contribution is 5.43. The van der Waals surface area contributed by atoms with Gasteiger partial charge in [0.1, 0.15) is 0 Å². The predicted molar refractivity (Wildman–Crippen MR) is 114 cm³/mol. The van der Waals surface area contributed by atoms with Gasteiger partial charge in [0, 0.05) is 26.1 Å². The third-order valence-electron chi connectivity index (χ3n) is 10.5. The molecule has 2 spiro atoms. The van der Waals surface area contributed by atoms with E-state index in [1.165, 1.54) is 6.42 Å². The molecule has 1 aromatic heterocycles. The Morgan fingerprint density at radius 2 is 1.19 bits per heavy atom. The van der Waals surface area contributed by atoms with Gasteiger partial charge in [0.15, 0.2) is 0 Å². The minimum absolute atomic E-state index is 0.113. The van der Waals surface area contributed by atoms with Gasteiger partial charge in [-0.1, -0.05) is 6.07 Å². The fraction of sp³-hybridized carbons (Fsp3) is 0.808. The van der Waals surface area contributed by atoms with Crippen LogP contribution in [0.3, 0.4) is 0 Å². The van der Waals surface area contributed by atoms with E-state index in [4.69, 9.17) is 23.7 Å². The van der Waals surface area contributed by atoms with Crippen LogP contribution in [0.25, 0.3) is 0 Å². The molecule has 32 heavy (non-hydrogen) atoms. The Hall–Kier alpha value is -1.05. The molecule has 2 saturated heterocycles. The van der Waals surface area contributed by atoms with Crippen molar-refractivity contribution in [2.75, 3.05) is 39.6 Å². The molecule has 10 atom stereocenters. The van der Waals surface area contributed by atoms with Gasteiger partial charge in [0.2, 0.25) is 0 Å². The highest BCUT2D eigenvalue weighted by Crippen LogP contribution is 2.93. The summed E-state index contributed by atoms with van der Waals surface area (Å²) >= 11 is 0. The van der Waals surface area contributed by atoms with Gasteiger partial charge in [-0.25, -0.2) is 0 Å². The molecule has 5 saturated carbocycles. The number of ether oxygens (including phenoxy) is 5. The largest absolute Gasteiger partial charge is 0.379 e. The number of fused-ring (bicyclic) bond motifs is 2. The van der Waals surface area contributed by atoms with Gasteiger partial charge in [-0.2, -0.15) is 0 Å². The number of aromatic nitrogens is 1. The summed E-state index contributed by atoms with van der Waals surface area (Å²) in [7, 11) is 0. The van der Waals surface area contributed by atoms with Gasteiger partial charge in [-0.3, -0.25) is 4.98 Å². The van der Waals surface area contributed by atoms with E-state index >= 15 is 0 Å². The van der Waals surface area contributed by atoms with Crippen molar-refractivity contribution in [3.63, 3.8) is 0 Å². The Labute approximate surface area is 189 Å². The fourth-order valence-corrected chi connectivity index (χ4v) is 10.2. The van der Waals surface area contributed by atoms with E-state index < -0.39 is 0 Å². The van der Waals surface area contributed by atoms with Gasteiger partial charge in [0.25, 0.3) is 0 Å². The summed E-state index contributed by atoms with van der Waals surface area (Å²) in [5.74, 6) is 7.04. The summed E-state index contributed by atoms with van der Waals surface area (Å²) in [6.07, 6.45) is 3.63. The molecule has 0 aromatic carbocycles. The van der Waals surface area contributed by atoms with Crippen LogP contribution in [0.2, 0.25) is 0 Å². The van der Waals surface area contributed by atoms with Crippen LogP contribution < -0.4 is 0 Å². The second-order valence-electron chi connectivity index (χ2n) is 11.3. The summed E-state index contributed by atoms with van der Waals surface area (Å²) in [5, 5.41) is 0. The fourth-order valence-electron chi connectivity index (χ4n) is 10.2. The molecule has 0 N–H and O–H groups in total. The Balaban J connectivity index is 0.998. The highest BCUT2D eigenvalue weighted by Gasteiger charge is 2.96. The average molecular weight is 440 g/mol. The SMILES string of the molecule is c1cc2nc(c1)COCCOCCC13OC4(CCOCCOC2)C2C5CC(C6C5C4C61)C23. The normalized spacial score (nSPS) is 53.1. The van der Waals surface area contributed by atoms with Crippen molar-refractivity contribution < 1.29 is 23.7 Å². The van der Waals surface area contributed by atoms with Crippen molar-refractivity contribution in [1.29, 1.82) is 0 Å². The quantitative estimate of drug-likeness (QED) is 0.620. The van der Waals surface area contributed by atoms with Gasteiger partial charge < -0.3 is 23.7 Å². The van der Waals surface area contributed by atoms with Crippen LogP contribution in [0.5, 0.6) is 0 Å². The minimum Gasteiger partial charge on any atom is -0.379 e. The topological polar surface area (TPSA) is 59.0 Å². The van der Waals surface area contributed by atoms with Gasteiger partial charge in [-0.05, 0) is 65.9 Å². The van der Waals surface area contributed by atoms with Crippen molar-refractivity contribution in [2.45, 2.75) is 43.7 Å². The molecule has 6 heteroatoms. The lowest BCUT2D eigenvalue weighted by Gasteiger charge is -2.48. The third kappa shape index (κ3) is 2.22. The van der Waals surface area contributed by atoms with Crippen molar-refractivity contribution in [3.8, 4) is 0 Å². The first-order valence-corrected chi connectivity index (χ1v) is 12.8. The van der Waals surface area contributed by atoms with Crippen LogP contribution in [-0.4, -0.2) is 55.8 Å². The molecule has 3 aliphatic heterocycles. The molecule has 5 aliphatic carbocycles. The number of pyridine rings is 1. The summed E-state index contributed by atoms with van der Waals surface area (Å²) in [6.45, 7) is 5.09. The van der Waals surface area contributed by atoms with Crippen molar-refractivity contribution in [1.82, 2.24) is 4.98 Å². The molecule has 7 fully saturated rings.